The number of nitrogens with one attached hydrogen (secondary N) is 1. The number of hydrogen-bond donors (Lipinski definition) is 2. The van der Waals surface area contributed by atoms with E-state index in [2.05, 4.69) is 4.98 Å². The first-order valence-electron chi connectivity index (χ1n) is 5.71. The maximum absolute atomic E-state index is 12.8. The molecule has 2 N–H and O–H groups in total. The second-order valence-electron chi connectivity index (χ2n) is 4.47. The maximum Gasteiger partial charge on any atom is 0.422 e. The zero-order valence-corrected chi connectivity index (χ0v) is 10.7. The Hall–Kier alpha value is -2.58. The highest BCUT2D eigenvalue weighted by atomic mass is 19.4. The molecule has 1 unspecified atom stereocenters. The van der Waals surface area contributed by atoms with Crippen molar-refractivity contribution < 1.29 is 27.9 Å². The van der Waals surface area contributed by atoms with Gasteiger partial charge in [-0.15, -0.1) is 0 Å². The van der Waals surface area contributed by atoms with Gasteiger partial charge in [0.2, 0.25) is 5.54 Å². The van der Waals surface area contributed by atoms with E-state index in [1.165, 1.54) is 15.9 Å². The minimum absolute atomic E-state index is 0.307. The largest absolute Gasteiger partial charge is 0.479 e. The molecule has 0 spiro atoms. The molecular weight excluding hydrogens is 291 g/mol. The molecule has 2 aromatic heterocycles. The van der Waals surface area contributed by atoms with Crippen molar-refractivity contribution in [2.24, 2.45) is 0 Å². The summed E-state index contributed by atoms with van der Waals surface area (Å²) in [5.41, 5.74) is -3.34. The molecule has 112 valence electrons. The van der Waals surface area contributed by atoms with E-state index in [0.29, 0.717) is 12.6 Å². The van der Waals surface area contributed by atoms with Gasteiger partial charge in [0, 0.05) is 12.4 Å². The smallest absolute Gasteiger partial charge is 0.422 e. The number of nitrogens with zero attached hydrogens (tertiary/aromatic N) is 2. The van der Waals surface area contributed by atoms with Gasteiger partial charge in [-0.05, 0) is 19.1 Å². The predicted octanol–water partition coefficient (Wildman–Crippen LogP) is 1.47. The number of imidazole rings is 1. The Morgan fingerprint density at radius 2 is 2.00 bits per heavy atom. The van der Waals surface area contributed by atoms with Gasteiger partial charge in [-0.25, -0.2) is 9.78 Å². The van der Waals surface area contributed by atoms with Crippen molar-refractivity contribution in [2.75, 3.05) is 0 Å². The van der Waals surface area contributed by atoms with Crippen molar-refractivity contribution in [2.45, 2.75) is 18.6 Å². The van der Waals surface area contributed by atoms with E-state index in [0.717, 1.165) is 0 Å². The van der Waals surface area contributed by atoms with Crippen molar-refractivity contribution in [3.05, 3.63) is 36.3 Å². The molecule has 0 aliphatic heterocycles. The lowest BCUT2D eigenvalue weighted by Crippen LogP contribution is -2.61. The lowest BCUT2D eigenvalue weighted by atomic mass is 10.0. The highest BCUT2D eigenvalue weighted by Gasteiger charge is 2.58. The molecule has 0 saturated carbocycles. The molecule has 1 amide bonds. The number of rotatable bonds is 3. The number of pyridine rings is 1. The zero-order valence-electron chi connectivity index (χ0n) is 10.7. The molecule has 0 radical (unpaired) electrons. The third kappa shape index (κ3) is 2.54. The number of aromatic nitrogens is 2. The number of carboxylic acid groups (broad SMARTS) is 1. The van der Waals surface area contributed by atoms with Crippen LogP contribution < -0.4 is 5.32 Å². The third-order valence-electron chi connectivity index (χ3n) is 2.95. The average molecular weight is 301 g/mol. The number of amides is 1. The summed E-state index contributed by atoms with van der Waals surface area (Å²) < 4.78 is 39.9. The predicted molar refractivity (Wildman–Crippen MR) is 64.8 cm³/mol. The maximum atomic E-state index is 12.8. The first-order valence-corrected chi connectivity index (χ1v) is 5.71. The molecule has 2 aromatic rings. The van der Waals surface area contributed by atoms with Gasteiger partial charge in [-0.3, -0.25) is 4.79 Å². The van der Waals surface area contributed by atoms with Gasteiger partial charge in [0.1, 0.15) is 11.3 Å². The summed E-state index contributed by atoms with van der Waals surface area (Å²) >= 11 is 0. The van der Waals surface area contributed by atoms with Gasteiger partial charge in [-0.2, -0.15) is 13.2 Å². The number of hydrogen-bond acceptors (Lipinski definition) is 3. The fraction of sp³-hybridized carbons (Fsp3) is 0.250. The van der Waals surface area contributed by atoms with E-state index >= 15 is 0 Å². The molecule has 21 heavy (non-hydrogen) atoms. The van der Waals surface area contributed by atoms with E-state index in [-0.39, 0.29) is 5.69 Å². The van der Waals surface area contributed by atoms with E-state index in [1.807, 2.05) is 0 Å². The van der Waals surface area contributed by atoms with Gasteiger partial charge < -0.3 is 14.8 Å². The van der Waals surface area contributed by atoms with Gasteiger partial charge in [0.05, 0.1) is 0 Å². The summed E-state index contributed by atoms with van der Waals surface area (Å²) in [6.45, 7) is 0.378. The Labute approximate surface area is 116 Å². The fourth-order valence-corrected chi connectivity index (χ4v) is 1.58. The molecule has 0 aromatic carbocycles. The van der Waals surface area contributed by atoms with Crippen LogP contribution in [0.3, 0.4) is 0 Å². The average Bonchev–Trinajstić information content (AvgIpc) is 2.80. The van der Waals surface area contributed by atoms with Crippen LogP contribution in [0.25, 0.3) is 5.65 Å². The summed E-state index contributed by atoms with van der Waals surface area (Å²) in [7, 11) is 0. The van der Waals surface area contributed by atoms with Crippen molar-refractivity contribution in [3.63, 3.8) is 0 Å². The summed E-state index contributed by atoms with van der Waals surface area (Å²) in [4.78, 5) is 26.5. The van der Waals surface area contributed by atoms with Gasteiger partial charge >= 0.3 is 12.1 Å². The first-order chi connectivity index (χ1) is 9.65. The molecule has 0 saturated heterocycles. The molecule has 1 atom stereocenters. The molecular formula is C12H10F3N3O3. The molecule has 0 bridgehead atoms. The van der Waals surface area contributed by atoms with E-state index in [9.17, 15) is 22.8 Å². The molecule has 0 aliphatic carbocycles. The second kappa shape index (κ2) is 4.76. The van der Waals surface area contributed by atoms with Crippen LogP contribution in [-0.4, -0.2) is 38.1 Å². The van der Waals surface area contributed by atoms with Crippen molar-refractivity contribution >= 4 is 17.5 Å². The Bertz CT molecular complexity index is 677. The molecule has 2 heterocycles. The standard InChI is InChI=1S/C12H10F3N3O3/c1-11(10(20)21,12(13,14)15)17-9(19)7-6-18-5-3-2-4-8(18)16-7/h2-6H,1H3,(H,17,19)(H,20,21). The molecule has 2 rings (SSSR count). The zero-order chi connectivity index (χ0) is 15.8. The quantitative estimate of drug-likeness (QED) is 0.899. The lowest BCUT2D eigenvalue weighted by Gasteiger charge is -2.28. The Morgan fingerprint density at radius 1 is 1.33 bits per heavy atom. The fourth-order valence-electron chi connectivity index (χ4n) is 1.58. The first kappa shape index (κ1) is 14.8. The summed E-state index contributed by atoms with van der Waals surface area (Å²) in [5, 5.41) is 10.2. The minimum Gasteiger partial charge on any atom is -0.479 e. The van der Waals surface area contributed by atoms with Crippen molar-refractivity contribution in [1.82, 2.24) is 14.7 Å². The number of halogens is 3. The highest BCUT2D eigenvalue weighted by Crippen LogP contribution is 2.30. The normalized spacial score (nSPS) is 14.7. The topological polar surface area (TPSA) is 83.7 Å². The molecule has 0 aliphatic rings. The van der Waals surface area contributed by atoms with Crippen LogP contribution in [0.1, 0.15) is 17.4 Å². The second-order valence-corrected chi connectivity index (χ2v) is 4.47. The number of carbonyl (C=O) groups is 2. The van der Waals surface area contributed by atoms with Gasteiger partial charge in [0.25, 0.3) is 5.91 Å². The minimum atomic E-state index is -5.15. The third-order valence-corrected chi connectivity index (χ3v) is 2.95. The van der Waals surface area contributed by atoms with Crippen molar-refractivity contribution in [1.29, 1.82) is 0 Å². The number of aliphatic carboxylic acids is 1. The lowest BCUT2D eigenvalue weighted by molar-refractivity contribution is -0.203. The Morgan fingerprint density at radius 3 is 2.52 bits per heavy atom. The van der Waals surface area contributed by atoms with Crippen LogP contribution in [0.2, 0.25) is 0 Å². The van der Waals surface area contributed by atoms with Crippen LogP contribution in [0.5, 0.6) is 0 Å². The SMILES string of the molecule is CC(NC(=O)c1cn2ccccc2n1)(C(=O)O)C(F)(F)F. The monoisotopic (exact) mass is 301 g/mol. The number of alkyl halides is 3. The van der Waals surface area contributed by atoms with Crippen LogP contribution in [0.15, 0.2) is 30.6 Å². The molecule has 0 fully saturated rings. The van der Waals surface area contributed by atoms with Gasteiger partial charge in [-0.1, -0.05) is 6.07 Å². The number of carbonyl (C=O) groups excluding carboxylic acids is 1. The molecule has 9 heteroatoms. The van der Waals surface area contributed by atoms with Crippen LogP contribution >= 0.6 is 0 Å². The molecule has 6 nitrogen and oxygen atoms in total. The van der Waals surface area contributed by atoms with Crippen molar-refractivity contribution in [3.8, 4) is 0 Å². The van der Waals surface area contributed by atoms with Crippen LogP contribution in [0, 0.1) is 0 Å². The number of fused-ring (bicyclic) bond motifs is 1. The Balaban J connectivity index is 2.33. The van der Waals surface area contributed by atoms with E-state index in [1.54, 1.807) is 24.4 Å². The van der Waals surface area contributed by atoms with Crippen LogP contribution in [-0.2, 0) is 4.79 Å². The summed E-state index contributed by atoms with van der Waals surface area (Å²) in [6.07, 6.45) is -2.38. The summed E-state index contributed by atoms with van der Waals surface area (Å²) in [5.74, 6) is -3.42. The van der Waals surface area contributed by atoms with E-state index in [4.69, 9.17) is 5.11 Å². The van der Waals surface area contributed by atoms with Crippen LogP contribution in [0.4, 0.5) is 13.2 Å². The number of carboxylic acids is 1. The highest BCUT2D eigenvalue weighted by molar-refractivity contribution is 5.97. The van der Waals surface area contributed by atoms with E-state index < -0.39 is 23.6 Å². The van der Waals surface area contributed by atoms with Gasteiger partial charge in [0.15, 0.2) is 0 Å². The summed E-state index contributed by atoms with van der Waals surface area (Å²) in [6, 6.07) is 4.84. The Kier molecular flexibility index (Phi) is 3.36.